The molecule has 1 aromatic carbocycles. The molecule has 0 spiro atoms. The first kappa shape index (κ1) is 16.3. The topological polar surface area (TPSA) is 71.5 Å². The lowest BCUT2D eigenvalue weighted by Crippen LogP contribution is -2.28. The zero-order valence-electron chi connectivity index (χ0n) is 13.0. The van der Waals surface area contributed by atoms with Crippen LogP contribution >= 0.6 is 11.6 Å². The van der Waals surface area contributed by atoms with E-state index in [-0.39, 0.29) is 24.8 Å². The minimum Gasteiger partial charge on any atom is -0.495 e. The number of carbonyl (C=O) groups excluding carboxylic acids is 2. The summed E-state index contributed by atoms with van der Waals surface area (Å²) in [4.78, 5) is 30.2. The van der Waals surface area contributed by atoms with Gasteiger partial charge < -0.3 is 15.0 Å². The van der Waals surface area contributed by atoms with Crippen molar-refractivity contribution in [2.75, 3.05) is 23.9 Å². The van der Waals surface area contributed by atoms with Crippen molar-refractivity contribution in [3.63, 3.8) is 0 Å². The summed E-state index contributed by atoms with van der Waals surface area (Å²) in [5.74, 6) is -0.221. The normalized spacial score (nSPS) is 17.0. The van der Waals surface area contributed by atoms with Gasteiger partial charge in [-0.15, -0.1) is 0 Å². The molecule has 6 nitrogen and oxygen atoms in total. The van der Waals surface area contributed by atoms with Crippen LogP contribution in [0.4, 0.5) is 11.4 Å². The van der Waals surface area contributed by atoms with Gasteiger partial charge in [-0.3, -0.25) is 14.6 Å². The first-order valence-electron chi connectivity index (χ1n) is 7.43. The summed E-state index contributed by atoms with van der Waals surface area (Å²) in [6.45, 7) is 0.284. The maximum absolute atomic E-state index is 12.4. The highest BCUT2D eigenvalue weighted by Gasteiger charge is 2.36. The van der Waals surface area contributed by atoms with Crippen LogP contribution in [0, 0.1) is 5.92 Å². The number of hydrogen-bond donors (Lipinski definition) is 1. The van der Waals surface area contributed by atoms with Gasteiger partial charge in [-0.2, -0.15) is 0 Å². The van der Waals surface area contributed by atoms with E-state index in [1.807, 2.05) is 0 Å². The van der Waals surface area contributed by atoms with Gasteiger partial charge in [0.15, 0.2) is 0 Å². The number of halogens is 1. The fraction of sp³-hybridized carbons (Fsp3) is 0.235. The van der Waals surface area contributed by atoms with Crippen LogP contribution in [0.25, 0.3) is 0 Å². The van der Waals surface area contributed by atoms with Crippen molar-refractivity contribution < 1.29 is 14.3 Å². The van der Waals surface area contributed by atoms with Crippen LogP contribution in [0.5, 0.6) is 5.75 Å². The number of methoxy groups -OCH3 is 1. The van der Waals surface area contributed by atoms with Crippen molar-refractivity contribution in [3.8, 4) is 5.75 Å². The monoisotopic (exact) mass is 345 g/mol. The molecule has 3 rings (SSSR count). The first-order valence-corrected chi connectivity index (χ1v) is 7.81. The summed E-state index contributed by atoms with van der Waals surface area (Å²) < 4.78 is 5.29. The third-order valence-corrected chi connectivity index (χ3v) is 4.11. The maximum Gasteiger partial charge on any atom is 0.229 e. The predicted molar refractivity (Wildman–Crippen MR) is 91.3 cm³/mol. The van der Waals surface area contributed by atoms with Gasteiger partial charge >= 0.3 is 0 Å². The zero-order valence-corrected chi connectivity index (χ0v) is 13.8. The van der Waals surface area contributed by atoms with Crippen LogP contribution in [0.3, 0.4) is 0 Å². The smallest absolute Gasteiger partial charge is 0.229 e. The summed E-state index contributed by atoms with van der Waals surface area (Å²) in [6, 6.07) is 8.47. The summed E-state index contributed by atoms with van der Waals surface area (Å²) in [5, 5.41) is 3.30. The molecule has 1 saturated heterocycles. The Morgan fingerprint density at radius 2 is 2.08 bits per heavy atom. The molecule has 2 aromatic rings. The molecule has 2 amide bonds. The number of hydrogen-bond acceptors (Lipinski definition) is 4. The van der Waals surface area contributed by atoms with Crippen LogP contribution in [-0.4, -0.2) is 30.5 Å². The second-order valence-electron chi connectivity index (χ2n) is 5.45. The lowest BCUT2D eigenvalue weighted by Gasteiger charge is -2.19. The molecule has 1 aliphatic rings. The highest BCUT2D eigenvalue weighted by molar-refractivity contribution is 6.31. The number of benzene rings is 1. The summed E-state index contributed by atoms with van der Waals surface area (Å²) in [6.07, 6.45) is 3.34. The summed E-state index contributed by atoms with van der Waals surface area (Å²) in [7, 11) is 1.53. The Kier molecular flexibility index (Phi) is 4.66. The third kappa shape index (κ3) is 3.33. The van der Waals surface area contributed by atoms with Gasteiger partial charge in [-0.1, -0.05) is 11.6 Å². The Morgan fingerprint density at radius 1 is 1.33 bits per heavy atom. The standard InChI is InChI=1S/C17H16ClN3O3/c1-24-15-3-2-12(18)9-14(15)21-10-11(8-16(21)22)17(23)20-13-4-6-19-7-5-13/h2-7,9,11H,8,10H2,1H3,(H,19,20,23). The Bertz CT molecular complexity index is 767. The lowest BCUT2D eigenvalue weighted by molar-refractivity contribution is -0.122. The van der Waals surface area contributed by atoms with E-state index < -0.39 is 5.92 Å². The molecule has 24 heavy (non-hydrogen) atoms. The van der Waals surface area contributed by atoms with Gasteiger partial charge in [-0.05, 0) is 30.3 Å². The molecule has 1 N–H and O–H groups in total. The van der Waals surface area contributed by atoms with Crippen molar-refractivity contribution in [1.29, 1.82) is 0 Å². The van der Waals surface area contributed by atoms with Gasteiger partial charge in [0.2, 0.25) is 11.8 Å². The first-order chi connectivity index (χ1) is 11.6. The lowest BCUT2D eigenvalue weighted by atomic mass is 10.1. The molecule has 1 fully saturated rings. The molecular weight excluding hydrogens is 330 g/mol. The van der Waals surface area contributed by atoms with Gasteiger partial charge in [-0.25, -0.2) is 0 Å². The molecule has 7 heteroatoms. The number of nitrogens with one attached hydrogen (secondary N) is 1. The van der Waals surface area contributed by atoms with Gasteiger partial charge in [0, 0.05) is 36.1 Å². The number of aromatic nitrogens is 1. The Labute approximate surface area is 144 Å². The molecule has 0 bridgehead atoms. The van der Waals surface area contributed by atoms with Crippen molar-refractivity contribution in [2.45, 2.75) is 6.42 Å². The fourth-order valence-corrected chi connectivity index (χ4v) is 2.84. The Balaban J connectivity index is 1.76. The largest absolute Gasteiger partial charge is 0.495 e. The number of amides is 2. The predicted octanol–water partition coefficient (Wildman–Crippen LogP) is 2.74. The molecule has 0 saturated carbocycles. The number of carbonyl (C=O) groups is 2. The Hall–Kier alpha value is -2.60. The highest BCUT2D eigenvalue weighted by atomic mass is 35.5. The van der Waals surface area contributed by atoms with E-state index in [1.165, 1.54) is 7.11 Å². The van der Waals surface area contributed by atoms with Crippen molar-refractivity contribution >= 4 is 34.8 Å². The number of ether oxygens (including phenoxy) is 1. The SMILES string of the molecule is COc1ccc(Cl)cc1N1CC(C(=O)Nc2ccncc2)CC1=O. The minimum atomic E-state index is -0.436. The molecule has 1 atom stereocenters. The van der Waals surface area contributed by atoms with E-state index in [4.69, 9.17) is 16.3 Å². The molecular formula is C17H16ClN3O3. The summed E-state index contributed by atoms with van der Waals surface area (Å²) in [5.41, 5.74) is 1.23. The maximum atomic E-state index is 12.4. The molecule has 1 aromatic heterocycles. The number of rotatable bonds is 4. The summed E-state index contributed by atoms with van der Waals surface area (Å²) >= 11 is 6.03. The third-order valence-electron chi connectivity index (χ3n) is 3.88. The second kappa shape index (κ2) is 6.88. The molecule has 0 radical (unpaired) electrons. The van der Waals surface area contributed by atoms with Crippen LogP contribution in [0.1, 0.15) is 6.42 Å². The van der Waals surface area contributed by atoms with E-state index in [1.54, 1.807) is 47.6 Å². The van der Waals surface area contributed by atoms with Gasteiger partial charge in [0.1, 0.15) is 5.75 Å². The fourth-order valence-electron chi connectivity index (χ4n) is 2.67. The number of anilines is 2. The number of pyridine rings is 1. The van der Waals surface area contributed by atoms with Crippen LogP contribution in [0.2, 0.25) is 5.02 Å². The molecule has 1 unspecified atom stereocenters. The molecule has 1 aliphatic heterocycles. The van der Waals surface area contributed by atoms with Crippen LogP contribution < -0.4 is 15.0 Å². The molecule has 0 aliphatic carbocycles. The van der Waals surface area contributed by atoms with E-state index >= 15 is 0 Å². The second-order valence-corrected chi connectivity index (χ2v) is 5.88. The highest BCUT2D eigenvalue weighted by Crippen LogP contribution is 2.35. The van der Waals surface area contributed by atoms with Crippen LogP contribution in [0.15, 0.2) is 42.7 Å². The zero-order chi connectivity index (χ0) is 17.1. The average molecular weight is 346 g/mol. The quantitative estimate of drug-likeness (QED) is 0.924. The van der Waals surface area contributed by atoms with Crippen LogP contribution in [-0.2, 0) is 9.59 Å². The minimum absolute atomic E-state index is 0.134. The molecule has 124 valence electrons. The Morgan fingerprint density at radius 3 is 2.79 bits per heavy atom. The van der Waals surface area contributed by atoms with E-state index in [2.05, 4.69) is 10.3 Å². The van der Waals surface area contributed by atoms with E-state index in [9.17, 15) is 9.59 Å². The van der Waals surface area contributed by atoms with Gasteiger partial charge in [0.25, 0.3) is 0 Å². The van der Waals surface area contributed by atoms with Crippen molar-refractivity contribution in [3.05, 3.63) is 47.7 Å². The molecule has 2 heterocycles. The van der Waals surface area contributed by atoms with Crippen molar-refractivity contribution in [2.24, 2.45) is 5.92 Å². The van der Waals surface area contributed by atoms with Gasteiger partial charge in [0.05, 0.1) is 18.7 Å². The number of nitrogens with zero attached hydrogens (tertiary/aromatic N) is 2. The average Bonchev–Trinajstić information content (AvgIpc) is 2.97. The van der Waals surface area contributed by atoms with E-state index in [0.29, 0.717) is 22.1 Å². The van der Waals surface area contributed by atoms with E-state index in [0.717, 1.165) is 0 Å². The van der Waals surface area contributed by atoms with Crippen molar-refractivity contribution in [1.82, 2.24) is 4.98 Å².